The van der Waals surface area contributed by atoms with Crippen LogP contribution < -0.4 is 5.32 Å². The summed E-state index contributed by atoms with van der Waals surface area (Å²) in [6, 6.07) is 10.9. The van der Waals surface area contributed by atoms with Gasteiger partial charge >= 0.3 is 0 Å². The molecule has 1 saturated heterocycles. The van der Waals surface area contributed by atoms with Crippen LogP contribution in [0.15, 0.2) is 30.3 Å². The molecule has 2 unspecified atom stereocenters. The van der Waals surface area contributed by atoms with Crippen molar-refractivity contribution in [3.8, 4) is 0 Å². The van der Waals surface area contributed by atoms with Crippen LogP contribution in [0.3, 0.4) is 0 Å². The van der Waals surface area contributed by atoms with Crippen molar-refractivity contribution in [2.24, 2.45) is 0 Å². The highest BCUT2D eigenvalue weighted by atomic mass is 16.5. The lowest BCUT2D eigenvalue weighted by Gasteiger charge is -2.31. The highest BCUT2D eigenvalue weighted by Crippen LogP contribution is 2.14. The molecule has 1 aliphatic heterocycles. The topological polar surface area (TPSA) is 41.5 Å². The molecule has 0 aliphatic carbocycles. The van der Waals surface area contributed by atoms with E-state index in [0.717, 1.165) is 25.9 Å². The minimum absolute atomic E-state index is 0.141. The first-order chi connectivity index (χ1) is 8.78. The highest BCUT2D eigenvalue weighted by molar-refractivity contribution is 5.16. The molecule has 1 aliphatic rings. The molecule has 2 rings (SSSR count). The number of hydrogen-bond acceptors (Lipinski definition) is 3. The number of nitrogens with one attached hydrogen (secondary N) is 1. The Morgan fingerprint density at radius 3 is 2.83 bits per heavy atom. The summed E-state index contributed by atoms with van der Waals surface area (Å²) in [4.78, 5) is 0. The van der Waals surface area contributed by atoms with Crippen LogP contribution in [-0.2, 0) is 11.2 Å². The van der Waals surface area contributed by atoms with Gasteiger partial charge in [-0.2, -0.15) is 0 Å². The van der Waals surface area contributed by atoms with E-state index in [1.807, 2.05) is 18.2 Å². The van der Waals surface area contributed by atoms with Crippen LogP contribution in [0, 0.1) is 0 Å². The van der Waals surface area contributed by atoms with Crippen molar-refractivity contribution >= 4 is 0 Å². The van der Waals surface area contributed by atoms with Gasteiger partial charge in [0, 0.05) is 18.7 Å². The van der Waals surface area contributed by atoms with Crippen molar-refractivity contribution < 1.29 is 9.84 Å². The zero-order valence-corrected chi connectivity index (χ0v) is 11.0. The quantitative estimate of drug-likeness (QED) is 0.835. The average Bonchev–Trinajstić information content (AvgIpc) is 2.39. The summed E-state index contributed by atoms with van der Waals surface area (Å²) in [5.74, 6) is 0. The second-order valence-corrected chi connectivity index (χ2v) is 5.14. The van der Waals surface area contributed by atoms with E-state index in [1.54, 1.807) is 0 Å². The van der Waals surface area contributed by atoms with Crippen LogP contribution in [-0.4, -0.2) is 36.5 Å². The SMILES string of the molecule is CC1CC(N[C@H](CO)Cc2ccccc2)CCO1. The van der Waals surface area contributed by atoms with Gasteiger partial charge < -0.3 is 15.2 Å². The molecule has 0 spiro atoms. The molecule has 100 valence electrons. The second-order valence-electron chi connectivity index (χ2n) is 5.14. The Bertz CT molecular complexity index is 342. The van der Waals surface area contributed by atoms with E-state index in [1.165, 1.54) is 5.56 Å². The number of aliphatic hydroxyl groups excluding tert-OH is 1. The molecule has 3 atom stereocenters. The minimum atomic E-state index is 0.141. The third-order valence-electron chi connectivity index (χ3n) is 3.50. The number of hydrogen-bond donors (Lipinski definition) is 2. The summed E-state index contributed by atoms with van der Waals surface area (Å²) >= 11 is 0. The molecule has 1 heterocycles. The van der Waals surface area contributed by atoms with Crippen molar-refractivity contribution in [1.82, 2.24) is 5.32 Å². The van der Waals surface area contributed by atoms with Gasteiger partial charge in [0.25, 0.3) is 0 Å². The van der Waals surface area contributed by atoms with E-state index in [4.69, 9.17) is 4.74 Å². The molecule has 1 fully saturated rings. The van der Waals surface area contributed by atoms with Crippen LogP contribution >= 0.6 is 0 Å². The van der Waals surface area contributed by atoms with Gasteiger partial charge in [-0.05, 0) is 31.7 Å². The van der Waals surface area contributed by atoms with Crippen LogP contribution in [0.1, 0.15) is 25.3 Å². The smallest absolute Gasteiger partial charge is 0.0587 e. The molecule has 1 aromatic carbocycles. The van der Waals surface area contributed by atoms with Crippen molar-refractivity contribution in [1.29, 1.82) is 0 Å². The van der Waals surface area contributed by atoms with Gasteiger partial charge in [-0.3, -0.25) is 0 Å². The number of rotatable bonds is 5. The first kappa shape index (κ1) is 13.5. The summed E-state index contributed by atoms with van der Waals surface area (Å²) in [6.45, 7) is 3.11. The zero-order chi connectivity index (χ0) is 12.8. The Morgan fingerprint density at radius 2 is 2.17 bits per heavy atom. The largest absolute Gasteiger partial charge is 0.395 e. The minimum Gasteiger partial charge on any atom is -0.395 e. The molecule has 0 saturated carbocycles. The van der Waals surface area contributed by atoms with Crippen molar-refractivity contribution in [2.75, 3.05) is 13.2 Å². The van der Waals surface area contributed by atoms with Crippen LogP contribution in [0.25, 0.3) is 0 Å². The lowest BCUT2D eigenvalue weighted by atomic mass is 10.0. The summed E-state index contributed by atoms with van der Waals surface area (Å²) in [6.07, 6.45) is 3.27. The van der Waals surface area contributed by atoms with E-state index in [9.17, 15) is 5.11 Å². The van der Waals surface area contributed by atoms with Gasteiger partial charge in [0.15, 0.2) is 0 Å². The van der Waals surface area contributed by atoms with Gasteiger partial charge in [-0.15, -0.1) is 0 Å². The summed E-state index contributed by atoms with van der Waals surface area (Å²) < 4.78 is 5.54. The van der Waals surface area contributed by atoms with Crippen molar-refractivity contribution in [3.05, 3.63) is 35.9 Å². The van der Waals surface area contributed by atoms with E-state index in [-0.39, 0.29) is 12.6 Å². The molecule has 1 aromatic rings. The molecule has 3 heteroatoms. The van der Waals surface area contributed by atoms with Gasteiger partial charge in [0.2, 0.25) is 0 Å². The lowest BCUT2D eigenvalue weighted by molar-refractivity contribution is 0.00971. The summed E-state index contributed by atoms with van der Waals surface area (Å²) in [5.41, 5.74) is 1.27. The van der Waals surface area contributed by atoms with Crippen LogP contribution in [0.4, 0.5) is 0 Å². The Hall–Kier alpha value is -0.900. The number of benzene rings is 1. The molecule has 0 bridgehead atoms. The van der Waals surface area contributed by atoms with E-state index in [2.05, 4.69) is 24.4 Å². The highest BCUT2D eigenvalue weighted by Gasteiger charge is 2.21. The number of ether oxygens (including phenoxy) is 1. The standard InChI is InChI=1S/C15H23NO2/c1-12-9-14(7-8-18-12)16-15(11-17)10-13-5-3-2-4-6-13/h2-6,12,14-17H,7-11H2,1H3/t12?,14?,15-/m0/s1. The van der Waals surface area contributed by atoms with Crippen LogP contribution in [0.2, 0.25) is 0 Å². The molecular formula is C15H23NO2. The van der Waals surface area contributed by atoms with Crippen LogP contribution in [0.5, 0.6) is 0 Å². The fourth-order valence-electron chi connectivity index (χ4n) is 2.56. The fourth-order valence-corrected chi connectivity index (χ4v) is 2.56. The maximum Gasteiger partial charge on any atom is 0.0587 e. The van der Waals surface area contributed by atoms with Gasteiger partial charge in [-0.25, -0.2) is 0 Å². The first-order valence-corrected chi connectivity index (χ1v) is 6.80. The van der Waals surface area contributed by atoms with Gasteiger partial charge in [-0.1, -0.05) is 30.3 Å². The predicted octanol–water partition coefficient (Wildman–Crippen LogP) is 1.75. The Kier molecular flexibility index (Phi) is 5.17. The fraction of sp³-hybridized carbons (Fsp3) is 0.600. The summed E-state index contributed by atoms with van der Waals surface area (Å²) in [5, 5.41) is 13.0. The monoisotopic (exact) mass is 249 g/mol. The third kappa shape index (κ3) is 4.09. The molecule has 0 aromatic heterocycles. The van der Waals surface area contributed by atoms with E-state index < -0.39 is 0 Å². The number of aliphatic hydroxyl groups is 1. The maximum atomic E-state index is 9.49. The van der Waals surface area contributed by atoms with E-state index >= 15 is 0 Å². The average molecular weight is 249 g/mol. The molecule has 3 nitrogen and oxygen atoms in total. The normalized spacial score (nSPS) is 25.9. The van der Waals surface area contributed by atoms with E-state index in [0.29, 0.717) is 12.1 Å². The Balaban J connectivity index is 1.85. The molecule has 0 amide bonds. The maximum absolute atomic E-state index is 9.49. The lowest BCUT2D eigenvalue weighted by Crippen LogP contribution is -2.46. The van der Waals surface area contributed by atoms with Gasteiger partial charge in [0.05, 0.1) is 12.7 Å². The predicted molar refractivity (Wildman–Crippen MR) is 72.6 cm³/mol. The molecule has 0 radical (unpaired) electrons. The molecule has 2 N–H and O–H groups in total. The molecular weight excluding hydrogens is 226 g/mol. The van der Waals surface area contributed by atoms with Crippen molar-refractivity contribution in [3.63, 3.8) is 0 Å². The third-order valence-corrected chi connectivity index (χ3v) is 3.50. The van der Waals surface area contributed by atoms with Gasteiger partial charge in [0.1, 0.15) is 0 Å². The first-order valence-electron chi connectivity index (χ1n) is 6.80. The second kappa shape index (κ2) is 6.88. The Morgan fingerprint density at radius 1 is 1.39 bits per heavy atom. The summed E-state index contributed by atoms with van der Waals surface area (Å²) in [7, 11) is 0. The molecule has 18 heavy (non-hydrogen) atoms. The van der Waals surface area contributed by atoms with Crippen molar-refractivity contribution in [2.45, 2.75) is 44.4 Å². The zero-order valence-electron chi connectivity index (χ0n) is 11.0. The Labute approximate surface area is 109 Å².